The summed E-state index contributed by atoms with van der Waals surface area (Å²) in [5.74, 6) is -0.839. The third-order valence-electron chi connectivity index (χ3n) is 2.68. The predicted molar refractivity (Wildman–Crippen MR) is 70.0 cm³/mol. The van der Waals surface area contributed by atoms with E-state index in [-0.39, 0.29) is 23.6 Å². The van der Waals surface area contributed by atoms with Gasteiger partial charge >= 0.3 is 5.97 Å². The van der Waals surface area contributed by atoms with Crippen molar-refractivity contribution in [3.8, 4) is 5.75 Å². The summed E-state index contributed by atoms with van der Waals surface area (Å²) in [5, 5.41) is 13.2. The van der Waals surface area contributed by atoms with Crippen LogP contribution in [0.2, 0.25) is 0 Å². The van der Waals surface area contributed by atoms with Crippen molar-refractivity contribution in [3.63, 3.8) is 0 Å². The number of aromatic nitrogens is 2. The van der Waals surface area contributed by atoms with Crippen LogP contribution in [0.15, 0.2) is 30.6 Å². The molecule has 0 saturated heterocycles. The molecule has 0 unspecified atom stereocenters. The average Bonchev–Trinajstić information content (AvgIpc) is 2.83. The number of aromatic carboxylic acids is 1. The number of nitrogen functional groups attached to an aromatic ring is 1. The molecule has 0 radical (unpaired) electrons. The van der Waals surface area contributed by atoms with Crippen LogP contribution in [0.3, 0.4) is 0 Å². The number of anilines is 1. The normalized spacial score (nSPS) is 10.4. The Kier molecular flexibility index (Phi) is 3.70. The number of carboxylic acid groups (broad SMARTS) is 1. The number of carboxylic acids is 1. The summed E-state index contributed by atoms with van der Waals surface area (Å²) in [6.45, 7) is 3.01. The van der Waals surface area contributed by atoms with Gasteiger partial charge in [-0.2, -0.15) is 5.10 Å². The molecular weight excluding hydrogens is 246 g/mol. The third kappa shape index (κ3) is 2.85. The lowest BCUT2D eigenvalue weighted by Crippen LogP contribution is -2.06. The van der Waals surface area contributed by atoms with Gasteiger partial charge in [0.05, 0.1) is 6.20 Å². The molecule has 2 aromatic rings. The Morgan fingerprint density at radius 1 is 1.53 bits per heavy atom. The Morgan fingerprint density at radius 3 is 2.95 bits per heavy atom. The van der Waals surface area contributed by atoms with Gasteiger partial charge in [0.25, 0.3) is 0 Å². The zero-order valence-corrected chi connectivity index (χ0v) is 10.5. The molecule has 0 atom stereocenters. The number of aryl methyl sites for hydroxylation is 1. The second-order valence-electron chi connectivity index (χ2n) is 4.02. The second-order valence-corrected chi connectivity index (χ2v) is 4.02. The molecule has 0 bridgehead atoms. The molecule has 2 rings (SSSR count). The van der Waals surface area contributed by atoms with Crippen molar-refractivity contribution in [1.82, 2.24) is 9.78 Å². The Bertz CT molecular complexity index is 593. The summed E-state index contributed by atoms with van der Waals surface area (Å²) in [4.78, 5) is 11.1. The van der Waals surface area contributed by atoms with Gasteiger partial charge in [-0.25, -0.2) is 4.79 Å². The number of rotatable bonds is 5. The molecule has 1 aromatic carbocycles. The molecule has 0 aliphatic heterocycles. The summed E-state index contributed by atoms with van der Waals surface area (Å²) >= 11 is 0. The van der Waals surface area contributed by atoms with Crippen molar-refractivity contribution < 1.29 is 14.6 Å². The first kappa shape index (κ1) is 12.9. The maximum absolute atomic E-state index is 11.1. The number of hydrogen-bond donors (Lipinski definition) is 2. The number of benzene rings is 1. The van der Waals surface area contributed by atoms with Gasteiger partial charge in [-0.3, -0.25) is 4.68 Å². The fourth-order valence-corrected chi connectivity index (χ4v) is 1.71. The van der Waals surface area contributed by atoms with Gasteiger partial charge in [-0.15, -0.1) is 0 Å². The van der Waals surface area contributed by atoms with Crippen molar-refractivity contribution in [2.75, 3.05) is 5.73 Å². The summed E-state index contributed by atoms with van der Waals surface area (Å²) < 4.78 is 7.28. The lowest BCUT2D eigenvalue weighted by molar-refractivity contribution is 0.0693. The largest absolute Gasteiger partial charge is 0.488 e. The summed E-state index contributed by atoms with van der Waals surface area (Å²) in [6.07, 6.45) is 3.54. The molecule has 6 heteroatoms. The van der Waals surface area contributed by atoms with E-state index in [0.717, 1.165) is 12.1 Å². The molecule has 3 N–H and O–H groups in total. The zero-order chi connectivity index (χ0) is 13.8. The molecule has 0 aliphatic carbocycles. The fraction of sp³-hybridized carbons (Fsp3) is 0.231. The van der Waals surface area contributed by atoms with Crippen LogP contribution in [0.4, 0.5) is 5.69 Å². The number of nitrogens with two attached hydrogens (primary N) is 1. The Morgan fingerprint density at radius 2 is 2.32 bits per heavy atom. The number of nitrogens with zero attached hydrogens (tertiary/aromatic N) is 2. The summed E-state index contributed by atoms with van der Waals surface area (Å²) in [6, 6.07) is 4.78. The van der Waals surface area contributed by atoms with Crippen LogP contribution in [0.5, 0.6) is 5.75 Å². The molecule has 1 aromatic heterocycles. The molecule has 19 heavy (non-hydrogen) atoms. The van der Waals surface area contributed by atoms with Gasteiger partial charge in [0.2, 0.25) is 0 Å². The Balaban J connectivity index is 2.15. The lowest BCUT2D eigenvalue weighted by Gasteiger charge is -2.09. The van der Waals surface area contributed by atoms with Gasteiger partial charge in [0.1, 0.15) is 17.9 Å². The predicted octanol–water partition coefficient (Wildman–Crippen LogP) is 1.76. The van der Waals surface area contributed by atoms with Gasteiger partial charge in [-0.05, 0) is 19.1 Å². The molecule has 0 amide bonds. The Hall–Kier alpha value is -2.50. The first-order valence-electron chi connectivity index (χ1n) is 5.87. The molecule has 1 heterocycles. The van der Waals surface area contributed by atoms with Gasteiger partial charge in [0.15, 0.2) is 0 Å². The van der Waals surface area contributed by atoms with Crippen LogP contribution in [0, 0.1) is 0 Å². The highest BCUT2D eigenvalue weighted by Gasteiger charge is 2.15. The standard InChI is InChI=1S/C13H15N3O3/c1-2-16-7-9(6-15-16)8-19-11-5-3-4-10(14)12(11)13(17)18/h3-7H,2,8,14H2,1H3,(H,17,18). The van der Waals surface area contributed by atoms with E-state index in [4.69, 9.17) is 15.6 Å². The van der Waals surface area contributed by atoms with Crippen molar-refractivity contribution >= 4 is 11.7 Å². The van der Waals surface area contributed by atoms with Crippen LogP contribution in [-0.4, -0.2) is 20.9 Å². The summed E-state index contributed by atoms with van der Waals surface area (Å²) in [7, 11) is 0. The van der Waals surface area contributed by atoms with Crippen molar-refractivity contribution in [2.45, 2.75) is 20.1 Å². The minimum atomic E-state index is -1.10. The van der Waals surface area contributed by atoms with Crippen molar-refractivity contribution in [2.24, 2.45) is 0 Å². The van der Waals surface area contributed by atoms with E-state index in [9.17, 15) is 4.79 Å². The maximum atomic E-state index is 11.1. The van der Waals surface area contributed by atoms with Gasteiger partial charge < -0.3 is 15.6 Å². The molecule has 100 valence electrons. The smallest absolute Gasteiger partial charge is 0.341 e. The zero-order valence-electron chi connectivity index (χ0n) is 10.5. The number of hydrogen-bond acceptors (Lipinski definition) is 4. The minimum Gasteiger partial charge on any atom is -0.488 e. The SMILES string of the molecule is CCn1cc(COc2cccc(N)c2C(=O)O)cn1. The highest BCUT2D eigenvalue weighted by Crippen LogP contribution is 2.25. The highest BCUT2D eigenvalue weighted by molar-refractivity contribution is 5.96. The maximum Gasteiger partial charge on any atom is 0.341 e. The summed E-state index contributed by atoms with van der Waals surface area (Å²) in [5.41, 5.74) is 6.70. The first-order valence-corrected chi connectivity index (χ1v) is 5.87. The second kappa shape index (κ2) is 5.43. The lowest BCUT2D eigenvalue weighted by atomic mass is 10.1. The van der Waals surface area contributed by atoms with Gasteiger partial charge in [-0.1, -0.05) is 6.07 Å². The monoisotopic (exact) mass is 261 g/mol. The van der Waals surface area contributed by atoms with E-state index in [1.54, 1.807) is 23.0 Å². The third-order valence-corrected chi connectivity index (χ3v) is 2.68. The van der Waals surface area contributed by atoms with E-state index in [2.05, 4.69) is 5.10 Å². The van der Waals surface area contributed by atoms with E-state index in [0.29, 0.717) is 0 Å². The van der Waals surface area contributed by atoms with E-state index in [1.165, 1.54) is 6.07 Å². The number of carbonyl (C=O) groups is 1. The van der Waals surface area contributed by atoms with Crippen molar-refractivity contribution in [3.05, 3.63) is 41.7 Å². The number of ether oxygens (including phenoxy) is 1. The molecule has 6 nitrogen and oxygen atoms in total. The molecule has 0 saturated carbocycles. The van der Waals surface area contributed by atoms with E-state index in [1.807, 2.05) is 13.1 Å². The van der Waals surface area contributed by atoms with Crippen LogP contribution in [-0.2, 0) is 13.2 Å². The minimum absolute atomic E-state index is 0.00890. The Labute approximate surface area is 110 Å². The van der Waals surface area contributed by atoms with Crippen LogP contribution in [0.25, 0.3) is 0 Å². The quantitative estimate of drug-likeness (QED) is 0.800. The fourth-order valence-electron chi connectivity index (χ4n) is 1.71. The topological polar surface area (TPSA) is 90.4 Å². The average molecular weight is 261 g/mol. The van der Waals surface area contributed by atoms with E-state index >= 15 is 0 Å². The van der Waals surface area contributed by atoms with Crippen LogP contribution >= 0.6 is 0 Å². The van der Waals surface area contributed by atoms with Crippen LogP contribution in [0.1, 0.15) is 22.8 Å². The molecular formula is C13H15N3O3. The first-order chi connectivity index (χ1) is 9.11. The molecule has 0 fully saturated rings. The van der Waals surface area contributed by atoms with Gasteiger partial charge in [0, 0.05) is 24.0 Å². The molecule has 0 aliphatic rings. The van der Waals surface area contributed by atoms with E-state index < -0.39 is 5.97 Å². The highest BCUT2D eigenvalue weighted by atomic mass is 16.5. The molecule has 0 spiro atoms. The van der Waals surface area contributed by atoms with Crippen LogP contribution < -0.4 is 10.5 Å². The van der Waals surface area contributed by atoms with Crippen molar-refractivity contribution in [1.29, 1.82) is 0 Å².